The quantitative estimate of drug-likeness (QED) is 0.813. The summed E-state index contributed by atoms with van der Waals surface area (Å²) in [5, 5.41) is 2.55. The third kappa shape index (κ3) is 4.91. The number of carbonyl (C=O) groups excluding carboxylic acids is 2. The van der Waals surface area contributed by atoms with Gasteiger partial charge in [0.1, 0.15) is 12.6 Å². The fraction of sp³-hybridized carbons (Fsp3) is 0.467. The third-order valence-corrected chi connectivity index (χ3v) is 3.15. The van der Waals surface area contributed by atoms with Gasteiger partial charge < -0.3 is 14.8 Å². The molecule has 0 radical (unpaired) electrons. The van der Waals surface area contributed by atoms with Gasteiger partial charge in [-0.2, -0.15) is 0 Å². The molecule has 1 rings (SSSR count). The van der Waals surface area contributed by atoms with Crippen LogP contribution in [0.1, 0.15) is 25.8 Å². The summed E-state index contributed by atoms with van der Waals surface area (Å²) in [6.45, 7) is 3.98. The van der Waals surface area contributed by atoms with Gasteiger partial charge in [-0.3, -0.25) is 0 Å². The number of hydrogen-bond acceptors (Lipinski definition) is 4. The van der Waals surface area contributed by atoms with Crippen molar-refractivity contribution in [3.05, 3.63) is 35.9 Å². The lowest BCUT2D eigenvalue weighted by molar-refractivity contribution is -0.144. The van der Waals surface area contributed by atoms with Crippen LogP contribution in [-0.2, 0) is 20.9 Å². The van der Waals surface area contributed by atoms with Crippen molar-refractivity contribution in [1.82, 2.24) is 5.32 Å². The van der Waals surface area contributed by atoms with Crippen molar-refractivity contribution in [1.29, 1.82) is 0 Å². The van der Waals surface area contributed by atoms with E-state index in [2.05, 4.69) is 10.1 Å². The number of esters is 1. The first-order valence-electron chi connectivity index (χ1n) is 6.63. The zero-order chi connectivity index (χ0) is 15.0. The van der Waals surface area contributed by atoms with E-state index in [-0.39, 0.29) is 12.5 Å². The van der Waals surface area contributed by atoms with E-state index in [0.29, 0.717) is 0 Å². The predicted molar refractivity (Wildman–Crippen MR) is 75.0 cm³/mol. The first kappa shape index (κ1) is 16.0. The molecular weight excluding hydrogens is 258 g/mol. The maximum absolute atomic E-state index is 11.7. The first-order valence-corrected chi connectivity index (χ1v) is 6.63. The number of benzene rings is 1. The summed E-state index contributed by atoms with van der Waals surface area (Å²) in [4.78, 5) is 23.4. The largest absolute Gasteiger partial charge is 0.467 e. The SMILES string of the molecule is CC[C@H](C)[C@H](NC(=O)OCc1ccccc1)C(=O)OC. The molecule has 1 aromatic carbocycles. The molecule has 1 amide bonds. The molecule has 5 nitrogen and oxygen atoms in total. The standard InChI is InChI=1S/C15H21NO4/c1-4-11(2)13(14(17)19-3)16-15(18)20-10-12-8-6-5-7-9-12/h5-9,11,13H,4,10H2,1-3H3,(H,16,18)/t11-,13-/m0/s1. The molecule has 0 aliphatic carbocycles. The van der Waals surface area contributed by atoms with Crippen molar-refractivity contribution < 1.29 is 19.1 Å². The Morgan fingerprint density at radius 1 is 1.25 bits per heavy atom. The van der Waals surface area contributed by atoms with Crippen molar-refractivity contribution >= 4 is 12.1 Å². The van der Waals surface area contributed by atoms with Crippen LogP contribution in [0.4, 0.5) is 4.79 Å². The molecule has 1 N–H and O–H groups in total. The summed E-state index contributed by atoms with van der Waals surface area (Å²) in [5.74, 6) is -0.484. The smallest absolute Gasteiger partial charge is 0.408 e. The molecule has 0 bridgehead atoms. The topological polar surface area (TPSA) is 64.6 Å². The van der Waals surface area contributed by atoms with Crippen molar-refractivity contribution in [3.8, 4) is 0 Å². The van der Waals surface area contributed by atoms with Gasteiger partial charge in [-0.1, -0.05) is 50.6 Å². The minimum absolute atomic E-state index is 0.0216. The molecule has 5 heteroatoms. The molecule has 0 aromatic heterocycles. The maximum Gasteiger partial charge on any atom is 0.408 e. The van der Waals surface area contributed by atoms with E-state index < -0.39 is 18.1 Å². The summed E-state index contributed by atoms with van der Waals surface area (Å²) >= 11 is 0. The molecule has 0 aliphatic heterocycles. The molecular formula is C15H21NO4. The van der Waals surface area contributed by atoms with Gasteiger partial charge in [-0.15, -0.1) is 0 Å². The Bertz CT molecular complexity index is 433. The highest BCUT2D eigenvalue weighted by Crippen LogP contribution is 2.10. The minimum atomic E-state index is -0.687. The van der Waals surface area contributed by atoms with E-state index in [1.807, 2.05) is 44.2 Å². The van der Waals surface area contributed by atoms with Crippen LogP contribution in [-0.4, -0.2) is 25.2 Å². The first-order chi connectivity index (χ1) is 9.58. The normalized spacial score (nSPS) is 13.2. The van der Waals surface area contributed by atoms with E-state index in [0.717, 1.165) is 12.0 Å². The van der Waals surface area contributed by atoms with Crippen LogP contribution in [0.3, 0.4) is 0 Å². The number of amides is 1. The van der Waals surface area contributed by atoms with Crippen molar-refractivity contribution in [3.63, 3.8) is 0 Å². The molecule has 0 fully saturated rings. The second kappa shape index (κ2) is 8.19. The molecule has 0 aliphatic rings. The molecule has 0 spiro atoms. The Balaban J connectivity index is 2.51. The highest BCUT2D eigenvalue weighted by Gasteiger charge is 2.27. The Labute approximate surface area is 119 Å². The molecule has 0 saturated carbocycles. The molecule has 0 unspecified atom stereocenters. The number of ether oxygens (including phenoxy) is 2. The Morgan fingerprint density at radius 2 is 1.90 bits per heavy atom. The van der Waals surface area contributed by atoms with Gasteiger partial charge in [-0.25, -0.2) is 9.59 Å². The lowest BCUT2D eigenvalue weighted by Gasteiger charge is -2.21. The van der Waals surface area contributed by atoms with Crippen LogP contribution in [0.5, 0.6) is 0 Å². The fourth-order valence-electron chi connectivity index (χ4n) is 1.69. The van der Waals surface area contributed by atoms with Crippen LogP contribution >= 0.6 is 0 Å². The van der Waals surface area contributed by atoms with Crippen molar-refractivity contribution in [2.75, 3.05) is 7.11 Å². The van der Waals surface area contributed by atoms with E-state index >= 15 is 0 Å². The zero-order valence-corrected chi connectivity index (χ0v) is 12.1. The average Bonchev–Trinajstić information content (AvgIpc) is 2.50. The monoisotopic (exact) mass is 279 g/mol. The second-order valence-electron chi connectivity index (χ2n) is 4.59. The summed E-state index contributed by atoms with van der Waals surface area (Å²) in [6.07, 6.45) is 0.128. The molecule has 0 saturated heterocycles. The van der Waals surface area contributed by atoms with Gasteiger partial charge in [0.15, 0.2) is 0 Å². The summed E-state index contributed by atoms with van der Waals surface area (Å²) < 4.78 is 9.78. The number of rotatable bonds is 6. The van der Waals surface area contributed by atoms with Gasteiger partial charge in [0.2, 0.25) is 0 Å². The number of alkyl carbamates (subject to hydrolysis) is 1. The molecule has 110 valence electrons. The highest BCUT2D eigenvalue weighted by molar-refractivity contribution is 5.81. The summed E-state index contributed by atoms with van der Waals surface area (Å²) in [6, 6.07) is 8.66. The number of nitrogens with one attached hydrogen (secondary N) is 1. The van der Waals surface area contributed by atoms with Crippen LogP contribution in [0, 0.1) is 5.92 Å². The lowest BCUT2D eigenvalue weighted by Crippen LogP contribution is -2.45. The van der Waals surface area contributed by atoms with Crippen LogP contribution in [0.2, 0.25) is 0 Å². The van der Waals surface area contributed by atoms with Gasteiger partial charge in [0, 0.05) is 0 Å². The number of carbonyl (C=O) groups is 2. The number of hydrogen-bond donors (Lipinski definition) is 1. The fourth-order valence-corrected chi connectivity index (χ4v) is 1.69. The molecule has 20 heavy (non-hydrogen) atoms. The van der Waals surface area contributed by atoms with Gasteiger partial charge in [-0.05, 0) is 11.5 Å². The van der Waals surface area contributed by atoms with Crippen molar-refractivity contribution in [2.45, 2.75) is 32.9 Å². The highest BCUT2D eigenvalue weighted by atomic mass is 16.6. The number of methoxy groups -OCH3 is 1. The second-order valence-corrected chi connectivity index (χ2v) is 4.59. The van der Waals surface area contributed by atoms with E-state index in [1.165, 1.54) is 7.11 Å². The summed E-state index contributed by atoms with van der Waals surface area (Å²) in [5.41, 5.74) is 0.890. The molecule has 2 atom stereocenters. The Morgan fingerprint density at radius 3 is 2.45 bits per heavy atom. The minimum Gasteiger partial charge on any atom is -0.467 e. The Kier molecular flexibility index (Phi) is 6.56. The van der Waals surface area contributed by atoms with Gasteiger partial charge in [0.05, 0.1) is 7.11 Å². The van der Waals surface area contributed by atoms with Gasteiger partial charge >= 0.3 is 12.1 Å². The van der Waals surface area contributed by atoms with E-state index in [9.17, 15) is 9.59 Å². The van der Waals surface area contributed by atoms with Crippen LogP contribution < -0.4 is 5.32 Å². The third-order valence-electron chi connectivity index (χ3n) is 3.15. The predicted octanol–water partition coefficient (Wildman–Crippen LogP) is 2.50. The van der Waals surface area contributed by atoms with Gasteiger partial charge in [0.25, 0.3) is 0 Å². The van der Waals surface area contributed by atoms with Crippen LogP contribution in [0.25, 0.3) is 0 Å². The zero-order valence-electron chi connectivity index (χ0n) is 12.1. The van der Waals surface area contributed by atoms with E-state index in [4.69, 9.17) is 4.74 Å². The molecule has 1 aromatic rings. The molecule has 0 heterocycles. The maximum atomic E-state index is 11.7. The van der Waals surface area contributed by atoms with E-state index in [1.54, 1.807) is 0 Å². The average molecular weight is 279 g/mol. The van der Waals surface area contributed by atoms with Crippen molar-refractivity contribution in [2.24, 2.45) is 5.92 Å². The van der Waals surface area contributed by atoms with Crippen LogP contribution in [0.15, 0.2) is 30.3 Å². The lowest BCUT2D eigenvalue weighted by atomic mass is 9.99. The Hall–Kier alpha value is -2.04. The summed E-state index contributed by atoms with van der Waals surface area (Å²) in [7, 11) is 1.30.